The van der Waals surface area contributed by atoms with E-state index in [2.05, 4.69) is 10.3 Å². The lowest BCUT2D eigenvalue weighted by atomic mass is 10.1. The van der Waals surface area contributed by atoms with Crippen molar-refractivity contribution in [1.29, 1.82) is 5.26 Å². The second-order valence-corrected chi connectivity index (χ2v) is 6.04. The van der Waals surface area contributed by atoms with E-state index in [0.29, 0.717) is 32.7 Å². The molecule has 3 rings (SSSR count). The van der Waals surface area contributed by atoms with E-state index in [0.717, 1.165) is 0 Å². The largest absolute Gasteiger partial charge is 0.330 e. The molecule has 118 valence electrons. The highest BCUT2D eigenvalue weighted by Gasteiger charge is 2.11. The molecule has 0 amide bonds. The number of hydrogen-bond acceptors (Lipinski definition) is 6. The number of thiazole rings is 1. The van der Waals surface area contributed by atoms with Crippen LogP contribution in [0.15, 0.2) is 47.8 Å². The van der Waals surface area contributed by atoms with E-state index in [1.807, 2.05) is 6.07 Å². The summed E-state index contributed by atoms with van der Waals surface area (Å²) >= 11 is 7.48. The van der Waals surface area contributed by atoms with E-state index in [4.69, 9.17) is 16.9 Å². The van der Waals surface area contributed by atoms with Crippen LogP contribution in [0.4, 0.5) is 16.5 Å². The Morgan fingerprint density at radius 2 is 2.12 bits per heavy atom. The van der Waals surface area contributed by atoms with Gasteiger partial charge in [0.05, 0.1) is 33.0 Å². The van der Waals surface area contributed by atoms with Gasteiger partial charge in [-0.2, -0.15) is 5.26 Å². The Morgan fingerprint density at radius 3 is 2.83 bits per heavy atom. The standard InChI is InChI=1S/C16H9ClN4O2S/c17-13-6-10(8-18)4-5-14(13)19-16-20-15(9-24-16)11-2-1-3-12(7-11)21(22)23/h1-7,9H,(H,19,20). The van der Waals surface area contributed by atoms with Gasteiger partial charge in [0.15, 0.2) is 5.13 Å². The van der Waals surface area contributed by atoms with E-state index >= 15 is 0 Å². The molecule has 0 aliphatic carbocycles. The van der Waals surface area contributed by atoms with Gasteiger partial charge in [-0.1, -0.05) is 23.7 Å². The normalized spacial score (nSPS) is 10.2. The topological polar surface area (TPSA) is 91.8 Å². The summed E-state index contributed by atoms with van der Waals surface area (Å²) in [4.78, 5) is 14.8. The van der Waals surface area contributed by atoms with Gasteiger partial charge in [-0.3, -0.25) is 10.1 Å². The number of aromatic nitrogens is 1. The lowest BCUT2D eigenvalue weighted by Crippen LogP contribution is -1.92. The summed E-state index contributed by atoms with van der Waals surface area (Å²) in [6.45, 7) is 0. The molecule has 0 spiro atoms. The van der Waals surface area contributed by atoms with Crippen LogP contribution in [-0.2, 0) is 0 Å². The molecule has 0 radical (unpaired) electrons. The van der Waals surface area contributed by atoms with Crippen LogP contribution < -0.4 is 5.32 Å². The Morgan fingerprint density at radius 1 is 1.29 bits per heavy atom. The third kappa shape index (κ3) is 3.35. The predicted molar refractivity (Wildman–Crippen MR) is 93.7 cm³/mol. The summed E-state index contributed by atoms with van der Waals surface area (Å²) in [5.41, 5.74) is 2.43. The number of anilines is 2. The first-order valence-corrected chi connectivity index (χ1v) is 7.99. The number of halogens is 1. The highest BCUT2D eigenvalue weighted by molar-refractivity contribution is 7.14. The summed E-state index contributed by atoms with van der Waals surface area (Å²) in [6.07, 6.45) is 0. The van der Waals surface area contributed by atoms with Gasteiger partial charge in [-0.05, 0) is 18.2 Å². The van der Waals surface area contributed by atoms with Crippen molar-refractivity contribution in [3.63, 3.8) is 0 Å². The molecule has 0 fully saturated rings. The fourth-order valence-corrected chi connectivity index (χ4v) is 3.00. The van der Waals surface area contributed by atoms with Crippen LogP contribution in [0.1, 0.15) is 5.56 Å². The van der Waals surface area contributed by atoms with Gasteiger partial charge >= 0.3 is 0 Å². The maximum absolute atomic E-state index is 10.9. The lowest BCUT2D eigenvalue weighted by molar-refractivity contribution is -0.384. The first-order valence-electron chi connectivity index (χ1n) is 6.74. The third-order valence-corrected chi connectivity index (χ3v) is 4.27. The zero-order chi connectivity index (χ0) is 17.1. The number of nitriles is 1. The van der Waals surface area contributed by atoms with E-state index in [1.165, 1.54) is 23.5 Å². The molecule has 24 heavy (non-hydrogen) atoms. The summed E-state index contributed by atoms with van der Waals surface area (Å²) < 4.78 is 0. The SMILES string of the molecule is N#Cc1ccc(Nc2nc(-c3cccc([N+](=O)[O-])c3)cs2)c(Cl)c1. The fourth-order valence-electron chi connectivity index (χ4n) is 2.04. The molecule has 3 aromatic rings. The number of hydrogen-bond donors (Lipinski definition) is 1. The minimum absolute atomic E-state index is 0.0187. The minimum atomic E-state index is -0.439. The summed E-state index contributed by atoms with van der Waals surface area (Å²) in [6, 6.07) is 13.2. The van der Waals surface area contributed by atoms with Crippen molar-refractivity contribution in [3.8, 4) is 17.3 Å². The fraction of sp³-hybridized carbons (Fsp3) is 0. The number of benzene rings is 2. The van der Waals surface area contributed by atoms with Crippen LogP contribution in [0, 0.1) is 21.4 Å². The quantitative estimate of drug-likeness (QED) is 0.525. The molecule has 6 nitrogen and oxygen atoms in total. The van der Waals surface area contributed by atoms with Gasteiger partial charge in [0.2, 0.25) is 0 Å². The summed E-state index contributed by atoms with van der Waals surface area (Å²) in [5, 5.41) is 25.6. The van der Waals surface area contributed by atoms with Crippen LogP contribution in [0.2, 0.25) is 5.02 Å². The number of non-ortho nitro benzene ring substituents is 1. The molecule has 0 unspecified atom stereocenters. The number of nitrogens with zero attached hydrogens (tertiary/aromatic N) is 3. The Labute approximate surface area is 146 Å². The zero-order valence-electron chi connectivity index (χ0n) is 12.1. The molecule has 0 saturated heterocycles. The van der Waals surface area contributed by atoms with E-state index in [9.17, 15) is 10.1 Å². The van der Waals surface area contributed by atoms with Crippen LogP contribution in [0.25, 0.3) is 11.3 Å². The lowest BCUT2D eigenvalue weighted by Gasteiger charge is -2.05. The first-order chi connectivity index (χ1) is 11.6. The first kappa shape index (κ1) is 15.9. The molecular weight excluding hydrogens is 348 g/mol. The van der Waals surface area contributed by atoms with Crippen molar-refractivity contribution >= 4 is 39.4 Å². The highest BCUT2D eigenvalue weighted by atomic mass is 35.5. The number of nitro groups is 1. The van der Waals surface area contributed by atoms with Crippen molar-refractivity contribution in [2.45, 2.75) is 0 Å². The van der Waals surface area contributed by atoms with Crippen molar-refractivity contribution in [2.75, 3.05) is 5.32 Å². The van der Waals surface area contributed by atoms with Crippen molar-refractivity contribution in [2.24, 2.45) is 0 Å². The molecule has 1 aromatic heterocycles. The van der Waals surface area contributed by atoms with Gasteiger partial charge in [-0.25, -0.2) is 4.98 Å². The maximum atomic E-state index is 10.9. The number of nitrogens with one attached hydrogen (secondary N) is 1. The second kappa shape index (κ2) is 6.66. The van der Waals surface area contributed by atoms with E-state index in [1.54, 1.807) is 35.7 Å². The molecular formula is C16H9ClN4O2S. The van der Waals surface area contributed by atoms with Crippen molar-refractivity contribution in [3.05, 3.63) is 68.5 Å². The molecule has 0 aliphatic rings. The van der Waals surface area contributed by atoms with E-state index in [-0.39, 0.29) is 5.69 Å². The summed E-state index contributed by atoms with van der Waals surface area (Å²) in [7, 11) is 0. The van der Waals surface area contributed by atoms with Crippen molar-refractivity contribution < 1.29 is 4.92 Å². The van der Waals surface area contributed by atoms with Crippen molar-refractivity contribution in [1.82, 2.24) is 4.98 Å². The predicted octanol–water partition coefficient (Wildman–Crippen LogP) is 4.99. The van der Waals surface area contributed by atoms with Gasteiger partial charge < -0.3 is 5.32 Å². The Hall–Kier alpha value is -2.95. The average Bonchev–Trinajstić information content (AvgIpc) is 3.05. The van der Waals surface area contributed by atoms with E-state index < -0.39 is 4.92 Å². The van der Waals surface area contributed by atoms with Crippen LogP contribution in [0.3, 0.4) is 0 Å². The molecule has 1 N–H and O–H groups in total. The maximum Gasteiger partial charge on any atom is 0.270 e. The molecule has 1 heterocycles. The Kier molecular flexibility index (Phi) is 4.42. The number of nitro benzene ring substituents is 1. The minimum Gasteiger partial charge on any atom is -0.330 e. The van der Waals surface area contributed by atoms with Crippen LogP contribution >= 0.6 is 22.9 Å². The molecule has 2 aromatic carbocycles. The van der Waals surface area contributed by atoms with Crippen LogP contribution in [0.5, 0.6) is 0 Å². The summed E-state index contributed by atoms with van der Waals surface area (Å²) in [5.74, 6) is 0. The molecule has 0 saturated carbocycles. The van der Waals surface area contributed by atoms with Crippen LogP contribution in [-0.4, -0.2) is 9.91 Å². The molecule has 0 aliphatic heterocycles. The molecule has 8 heteroatoms. The zero-order valence-corrected chi connectivity index (χ0v) is 13.6. The monoisotopic (exact) mass is 356 g/mol. The van der Waals surface area contributed by atoms with Gasteiger partial charge in [0, 0.05) is 23.1 Å². The Balaban J connectivity index is 1.85. The van der Waals surface area contributed by atoms with Gasteiger partial charge in [0.1, 0.15) is 0 Å². The molecule has 0 bridgehead atoms. The average molecular weight is 357 g/mol. The second-order valence-electron chi connectivity index (χ2n) is 4.78. The smallest absolute Gasteiger partial charge is 0.270 e. The highest BCUT2D eigenvalue weighted by Crippen LogP contribution is 2.31. The van der Waals surface area contributed by atoms with Gasteiger partial charge in [-0.15, -0.1) is 11.3 Å². The Bertz CT molecular complexity index is 965. The number of rotatable bonds is 4. The van der Waals surface area contributed by atoms with Gasteiger partial charge in [0.25, 0.3) is 5.69 Å². The molecule has 0 atom stereocenters. The third-order valence-electron chi connectivity index (χ3n) is 3.20.